The minimum atomic E-state index is -0.204. The number of aliphatic hydroxyl groups is 1. The molecule has 1 radical (unpaired) electrons. The summed E-state index contributed by atoms with van der Waals surface area (Å²) in [5, 5.41) is 17.9. The lowest BCUT2D eigenvalue weighted by Crippen LogP contribution is -1.99. The molecule has 3 heteroatoms. The number of nitrogens with zero attached hydrogens (tertiary/aromatic N) is 1. The average Bonchev–Trinajstić information content (AvgIpc) is 2.17. The van der Waals surface area contributed by atoms with Gasteiger partial charge in [0.05, 0.1) is 10.6 Å². The number of rotatable bonds is 2. The van der Waals surface area contributed by atoms with E-state index in [1.54, 1.807) is 18.2 Å². The first-order valence-corrected chi connectivity index (χ1v) is 4.20. The Balaban J connectivity index is 3.08. The van der Waals surface area contributed by atoms with Crippen LogP contribution < -0.4 is 0 Å². The Bertz CT molecular complexity index is 343. The molecular weight excluding hydrogens is 186 g/mol. The fourth-order valence-corrected chi connectivity index (χ4v) is 1.15. The number of hydrogen-bond donors (Lipinski definition) is 1. The van der Waals surface area contributed by atoms with Crippen molar-refractivity contribution in [1.29, 1.82) is 5.26 Å². The van der Waals surface area contributed by atoms with E-state index in [0.717, 1.165) is 5.56 Å². The number of benzene rings is 1. The maximum atomic E-state index is 8.84. The molecule has 0 bridgehead atoms. The van der Waals surface area contributed by atoms with Gasteiger partial charge in [-0.15, -0.1) is 0 Å². The van der Waals surface area contributed by atoms with Crippen molar-refractivity contribution in [3.8, 4) is 6.07 Å². The van der Waals surface area contributed by atoms with Crippen LogP contribution in [0.1, 0.15) is 17.0 Å². The van der Waals surface area contributed by atoms with Gasteiger partial charge >= 0.3 is 0 Å². The molecule has 1 unspecified atom stereocenters. The lowest BCUT2D eigenvalue weighted by Gasteiger charge is -2.08. The van der Waals surface area contributed by atoms with Crippen LogP contribution >= 0.6 is 11.6 Å². The Kier molecular flexibility index (Phi) is 3.30. The molecule has 2 nitrogen and oxygen atoms in total. The summed E-state index contributed by atoms with van der Waals surface area (Å²) in [6.45, 7) is 3.69. The second-order valence-corrected chi connectivity index (χ2v) is 3.14. The van der Waals surface area contributed by atoms with Crippen molar-refractivity contribution in [2.45, 2.75) is 5.92 Å². The Hall–Kier alpha value is -1.04. The molecule has 0 fully saturated rings. The maximum Gasteiger partial charge on any atom is 0.101 e. The minimum Gasteiger partial charge on any atom is -0.396 e. The third kappa shape index (κ3) is 2.21. The summed E-state index contributed by atoms with van der Waals surface area (Å²) >= 11 is 5.74. The Morgan fingerprint density at radius 2 is 2.31 bits per heavy atom. The molecule has 0 heterocycles. The highest BCUT2D eigenvalue weighted by molar-refractivity contribution is 6.31. The van der Waals surface area contributed by atoms with Gasteiger partial charge in [0.25, 0.3) is 0 Å². The first-order valence-electron chi connectivity index (χ1n) is 3.82. The van der Waals surface area contributed by atoms with E-state index in [9.17, 15) is 0 Å². The molecule has 1 atom stereocenters. The number of hydrogen-bond acceptors (Lipinski definition) is 2. The third-order valence-corrected chi connectivity index (χ3v) is 2.13. The van der Waals surface area contributed by atoms with Crippen molar-refractivity contribution in [1.82, 2.24) is 0 Å². The predicted octanol–water partition coefficient (Wildman–Crippen LogP) is 2.12. The predicted molar refractivity (Wildman–Crippen MR) is 51.4 cm³/mol. The van der Waals surface area contributed by atoms with Gasteiger partial charge in [0, 0.05) is 12.5 Å². The van der Waals surface area contributed by atoms with Gasteiger partial charge in [-0.2, -0.15) is 5.26 Å². The van der Waals surface area contributed by atoms with Crippen molar-refractivity contribution in [3.63, 3.8) is 0 Å². The first-order chi connectivity index (χ1) is 6.19. The number of aliphatic hydroxyl groups excluding tert-OH is 1. The zero-order valence-electron chi connectivity index (χ0n) is 7.00. The Labute approximate surface area is 82.4 Å². The summed E-state index contributed by atoms with van der Waals surface area (Å²) in [6.07, 6.45) is 0. The van der Waals surface area contributed by atoms with E-state index in [1.165, 1.54) is 0 Å². The van der Waals surface area contributed by atoms with Crippen molar-refractivity contribution >= 4 is 11.6 Å². The molecule has 0 amide bonds. The first kappa shape index (κ1) is 10.0. The lowest BCUT2D eigenvalue weighted by atomic mass is 10.0. The van der Waals surface area contributed by atoms with Crippen LogP contribution in [0.15, 0.2) is 18.2 Å². The molecule has 0 aromatic heterocycles. The largest absolute Gasteiger partial charge is 0.396 e. The third-order valence-electron chi connectivity index (χ3n) is 1.80. The summed E-state index contributed by atoms with van der Waals surface area (Å²) in [6, 6.07) is 7.03. The molecule has 0 spiro atoms. The molecule has 1 aromatic rings. The van der Waals surface area contributed by atoms with E-state index in [2.05, 4.69) is 6.92 Å². The second-order valence-electron chi connectivity index (χ2n) is 2.73. The molecule has 1 rings (SSSR count). The minimum absolute atomic E-state index is 0.0352. The normalized spacial score (nSPS) is 12.2. The van der Waals surface area contributed by atoms with Gasteiger partial charge in [-0.05, 0) is 24.6 Å². The Morgan fingerprint density at radius 3 is 2.85 bits per heavy atom. The van der Waals surface area contributed by atoms with Gasteiger partial charge in [-0.1, -0.05) is 17.7 Å². The van der Waals surface area contributed by atoms with Crippen LogP contribution in [0.25, 0.3) is 0 Å². The monoisotopic (exact) mass is 194 g/mol. The summed E-state index contributed by atoms with van der Waals surface area (Å²) in [5.74, 6) is -0.204. The van der Waals surface area contributed by atoms with Crippen LogP contribution in [0.2, 0.25) is 5.02 Å². The summed E-state index contributed by atoms with van der Waals surface area (Å²) in [5.41, 5.74) is 1.24. The molecule has 0 saturated carbocycles. The zero-order valence-corrected chi connectivity index (χ0v) is 7.75. The van der Waals surface area contributed by atoms with Crippen molar-refractivity contribution < 1.29 is 5.11 Å². The average molecular weight is 195 g/mol. The van der Waals surface area contributed by atoms with Crippen LogP contribution in [0.3, 0.4) is 0 Å². The fourth-order valence-electron chi connectivity index (χ4n) is 0.988. The molecular formula is C10H9ClNO. The SMILES string of the molecule is [CH2]C(CO)c1ccc(Cl)c(C#N)c1. The lowest BCUT2D eigenvalue weighted by molar-refractivity contribution is 0.282. The maximum absolute atomic E-state index is 8.84. The van der Waals surface area contributed by atoms with Gasteiger partial charge in [-0.3, -0.25) is 0 Å². The smallest absolute Gasteiger partial charge is 0.101 e. The molecule has 1 aromatic carbocycles. The van der Waals surface area contributed by atoms with Crippen LogP contribution in [0.4, 0.5) is 0 Å². The van der Waals surface area contributed by atoms with E-state index in [0.29, 0.717) is 10.6 Å². The zero-order chi connectivity index (χ0) is 9.84. The Morgan fingerprint density at radius 1 is 1.62 bits per heavy atom. The van der Waals surface area contributed by atoms with Gasteiger partial charge in [0.15, 0.2) is 0 Å². The summed E-state index contributed by atoms with van der Waals surface area (Å²) in [4.78, 5) is 0. The van der Waals surface area contributed by atoms with E-state index in [-0.39, 0.29) is 12.5 Å². The quantitative estimate of drug-likeness (QED) is 0.784. The summed E-state index contributed by atoms with van der Waals surface area (Å²) in [7, 11) is 0. The van der Waals surface area contributed by atoms with Crippen molar-refractivity contribution in [2.24, 2.45) is 0 Å². The molecule has 0 saturated heterocycles. The van der Waals surface area contributed by atoms with Gasteiger partial charge in [0.1, 0.15) is 6.07 Å². The van der Waals surface area contributed by atoms with Crippen molar-refractivity contribution in [2.75, 3.05) is 6.61 Å². The topological polar surface area (TPSA) is 44.0 Å². The molecule has 13 heavy (non-hydrogen) atoms. The van der Waals surface area contributed by atoms with Crippen LogP contribution in [-0.2, 0) is 0 Å². The molecule has 0 aliphatic heterocycles. The standard InChI is InChI=1S/C10H9ClNO/c1-7(6-13)8-2-3-10(11)9(4-8)5-12/h2-4,7,13H,1,6H2. The van der Waals surface area contributed by atoms with Gasteiger partial charge in [-0.25, -0.2) is 0 Å². The van der Waals surface area contributed by atoms with Gasteiger partial charge in [0.2, 0.25) is 0 Å². The highest BCUT2D eigenvalue weighted by Gasteiger charge is 2.06. The second kappa shape index (κ2) is 4.27. The molecule has 1 N–H and O–H groups in total. The van der Waals surface area contributed by atoms with Crippen LogP contribution in [0.5, 0.6) is 0 Å². The molecule has 0 aliphatic rings. The fraction of sp³-hybridized carbons (Fsp3) is 0.200. The summed E-state index contributed by atoms with van der Waals surface area (Å²) < 4.78 is 0. The van der Waals surface area contributed by atoms with E-state index < -0.39 is 0 Å². The molecule has 67 valence electrons. The molecule has 0 aliphatic carbocycles. The van der Waals surface area contributed by atoms with Crippen LogP contribution in [0, 0.1) is 18.3 Å². The number of halogens is 1. The number of nitriles is 1. The van der Waals surface area contributed by atoms with E-state index in [4.69, 9.17) is 22.0 Å². The van der Waals surface area contributed by atoms with Crippen LogP contribution in [-0.4, -0.2) is 11.7 Å². The van der Waals surface area contributed by atoms with E-state index >= 15 is 0 Å². The van der Waals surface area contributed by atoms with Gasteiger partial charge < -0.3 is 5.11 Å². The van der Waals surface area contributed by atoms with E-state index in [1.807, 2.05) is 6.07 Å². The highest BCUT2D eigenvalue weighted by Crippen LogP contribution is 2.21. The van der Waals surface area contributed by atoms with Crippen molar-refractivity contribution in [3.05, 3.63) is 41.3 Å². The highest BCUT2D eigenvalue weighted by atomic mass is 35.5.